The summed E-state index contributed by atoms with van der Waals surface area (Å²) in [5.41, 5.74) is 3.12. The Kier molecular flexibility index (Phi) is 4.99. The first-order valence-electron chi connectivity index (χ1n) is 5.91. The van der Waals surface area contributed by atoms with Crippen molar-refractivity contribution >= 4 is 40.4 Å². The van der Waals surface area contributed by atoms with Crippen molar-refractivity contribution in [2.45, 2.75) is 0 Å². The first kappa shape index (κ1) is 15.1. The summed E-state index contributed by atoms with van der Waals surface area (Å²) in [4.78, 5) is 22.3. The second kappa shape index (κ2) is 6.93. The van der Waals surface area contributed by atoms with Crippen LogP contribution in [0.15, 0.2) is 53.6 Å². The van der Waals surface area contributed by atoms with Crippen LogP contribution in [0.2, 0.25) is 0 Å². The summed E-state index contributed by atoms with van der Waals surface area (Å²) in [6.45, 7) is 0. The van der Waals surface area contributed by atoms with Crippen LogP contribution in [0.4, 0.5) is 5.69 Å². The van der Waals surface area contributed by atoms with Crippen LogP contribution in [0.5, 0.6) is 0 Å². The zero-order valence-electron chi connectivity index (χ0n) is 10.7. The number of hydrazone groups is 1. The molecular weight excluding hydrogens is 385 g/mol. The van der Waals surface area contributed by atoms with E-state index in [0.717, 1.165) is 3.57 Å². The van der Waals surface area contributed by atoms with Crippen LogP contribution in [0.3, 0.4) is 0 Å². The molecule has 0 aromatic heterocycles. The van der Waals surface area contributed by atoms with Gasteiger partial charge in [0.05, 0.1) is 22.3 Å². The van der Waals surface area contributed by atoms with Gasteiger partial charge in [-0.2, -0.15) is 5.10 Å². The van der Waals surface area contributed by atoms with Gasteiger partial charge in [-0.15, -0.1) is 0 Å². The number of nitro groups is 1. The van der Waals surface area contributed by atoms with Gasteiger partial charge in [0.15, 0.2) is 0 Å². The summed E-state index contributed by atoms with van der Waals surface area (Å²) >= 11 is 2.05. The third-order valence-corrected chi connectivity index (χ3v) is 3.56. The van der Waals surface area contributed by atoms with E-state index in [1.54, 1.807) is 36.4 Å². The fourth-order valence-electron chi connectivity index (χ4n) is 1.63. The summed E-state index contributed by atoms with van der Waals surface area (Å²) in [6, 6.07) is 13.2. The Labute approximate surface area is 134 Å². The van der Waals surface area contributed by atoms with Gasteiger partial charge in [0, 0.05) is 9.64 Å². The lowest BCUT2D eigenvalue weighted by Crippen LogP contribution is -2.18. The van der Waals surface area contributed by atoms with Crippen LogP contribution in [-0.4, -0.2) is 17.0 Å². The molecule has 1 amide bonds. The number of benzene rings is 2. The van der Waals surface area contributed by atoms with Gasteiger partial charge < -0.3 is 0 Å². The molecule has 0 saturated heterocycles. The molecule has 21 heavy (non-hydrogen) atoms. The van der Waals surface area contributed by atoms with Crippen LogP contribution in [0.1, 0.15) is 15.9 Å². The van der Waals surface area contributed by atoms with E-state index in [9.17, 15) is 14.9 Å². The zero-order chi connectivity index (χ0) is 15.2. The highest BCUT2D eigenvalue weighted by Gasteiger charge is 2.11. The fourth-order valence-corrected chi connectivity index (χ4v) is 2.26. The molecule has 0 saturated carbocycles. The van der Waals surface area contributed by atoms with Crippen molar-refractivity contribution in [3.05, 3.63) is 73.3 Å². The highest BCUT2D eigenvalue weighted by atomic mass is 127. The first-order valence-corrected chi connectivity index (χ1v) is 6.99. The van der Waals surface area contributed by atoms with Crippen molar-refractivity contribution in [2.75, 3.05) is 0 Å². The first-order chi connectivity index (χ1) is 10.1. The van der Waals surface area contributed by atoms with Crippen LogP contribution >= 0.6 is 22.6 Å². The average molecular weight is 395 g/mol. The largest absolute Gasteiger partial charge is 0.278 e. The van der Waals surface area contributed by atoms with Gasteiger partial charge in [-0.3, -0.25) is 14.9 Å². The predicted molar refractivity (Wildman–Crippen MR) is 87.3 cm³/mol. The van der Waals surface area contributed by atoms with E-state index >= 15 is 0 Å². The minimum Gasteiger partial charge on any atom is -0.267 e. The number of carbonyl (C=O) groups is 1. The molecule has 0 heterocycles. The standard InChI is InChI=1S/C14H10IN3O3/c15-12-7-3-2-6-11(12)14(19)17-16-9-10-5-1-4-8-13(10)18(20)21/h1-9H,(H,17,19). The molecule has 0 aliphatic carbocycles. The Morgan fingerprint density at radius 2 is 1.86 bits per heavy atom. The van der Waals surface area contributed by atoms with E-state index in [0.29, 0.717) is 11.1 Å². The third kappa shape index (κ3) is 3.85. The van der Waals surface area contributed by atoms with E-state index in [1.165, 1.54) is 12.3 Å². The van der Waals surface area contributed by atoms with Crippen LogP contribution in [0.25, 0.3) is 0 Å². The van der Waals surface area contributed by atoms with E-state index < -0.39 is 4.92 Å². The number of para-hydroxylation sites is 1. The Hall–Kier alpha value is -2.29. The van der Waals surface area contributed by atoms with Crippen molar-refractivity contribution in [3.63, 3.8) is 0 Å². The maximum atomic E-state index is 11.9. The highest BCUT2D eigenvalue weighted by molar-refractivity contribution is 14.1. The Morgan fingerprint density at radius 1 is 1.19 bits per heavy atom. The molecule has 0 radical (unpaired) electrons. The number of hydrogen-bond donors (Lipinski definition) is 1. The number of rotatable bonds is 4. The van der Waals surface area contributed by atoms with Crippen molar-refractivity contribution in [3.8, 4) is 0 Å². The minimum atomic E-state index is -0.497. The topological polar surface area (TPSA) is 84.6 Å². The summed E-state index contributed by atoms with van der Waals surface area (Å²) in [6.07, 6.45) is 1.26. The molecule has 2 rings (SSSR count). The van der Waals surface area contributed by atoms with Crippen LogP contribution in [-0.2, 0) is 0 Å². The number of halogens is 1. The fraction of sp³-hybridized carbons (Fsp3) is 0. The van der Waals surface area contributed by atoms with E-state index in [2.05, 4.69) is 33.1 Å². The maximum Gasteiger partial charge on any atom is 0.278 e. The molecule has 6 nitrogen and oxygen atoms in total. The van der Waals surface area contributed by atoms with Gasteiger partial charge in [0.2, 0.25) is 0 Å². The zero-order valence-corrected chi connectivity index (χ0v) is 12.9. The molecule has 2 aromatic carbocycles. The minimum absolute atomic E-state index is 0.0650. The van der Waals surface area contributed by atoms with Crippen molar-refractivity contribution in [1.29, 1.82) is 0 Å². The number of nitrogens with zero attached hydrogens (tertiary/aromatic N) is 2. The molecule has 0 bridgehead atoms. The second-order valence-corrected chi connectivity index (χ2v) is 5.16. The summed E-state index contributed by atoms with van der Waals surface area (Å²) in [5.74, 6) is -0.366. The Bertz CT molecular complexity index is 716. The van der Waals surface area contributed by atoms with E-state index in [4.69, 9.17) is 0 Å². The average Bonchev–Trinajstić information content (AvgIpc) is 2.48. The second-order valence-electron chi connectivity index (χ2n) is 3.99. The van der Waals surface area contributed by atoms with Gasteiger partial charge in [0.1, 0.15) is 0 Å². The lowest BCUT2D eigenvalue weighted by molar-refractivity contribution is -0.385. The molecule has 106 valence electrons. The number of carbonyl (C=O) groups excluding carboxylic acids is 1. The number of hydrogen-bond acceptors (Lipinski definition) is 4. The molecule has 0 spiro atoms. The molecular formula is C14H10IN3O3. The molecule has 7 heteroatoms. The van der Waals surface area contributed by atoms with Crippen LogP contribution < -0.4 is 5.43 Å². The van der Waals surface area contributed by atoms with Gasteiger partial charge in [-0.25, -0.2) is 5.43 Å². The SMILES string of the molecule is O=C(NN=Cc1ccccc1[N+](=O)[O-])c1ccccc1I. The van der Waals surface area contributed by atoms with Crippen molar-refractivity contribution in [1.82, 2.24) is 5.43 Å². The molecule has 0 unspecified atom stereocenters. The molecule has 0 aliphatic heterocycles. The van der Waals surface area contributed by atoms with E-state index in [-0.39, 0.29) is 11.6 Å². The normalized spacial score (nSPS) is 10.5. The smallest absolute Gasteiger partial charge is 0.267 e. The number of nitro benzene ring substituents is 1. The monoisotopic (exact) mass is 395 g/mol. The van der Waals surface area contributed by atoms with Gasteiger partial charge >= 0.3 is 0 Å². The number of nitrogens with one attached hydrogen (secondary N) is 1. The molecule has 0 fully saturated rings. The van der Waals surface area contributed by atoms with Gasteiger partial charge in [0.25, 0.3) is 11.6 Å². The third-order valence-electron chi connectivity index (χ3n) is 2.62. The van der Waals surface area contributed by atoms with Crippen molar-refractivity contribution < 1.29 is 9.72 Å². The Morgan fingerprint density at radius 3 is 2.57 bits per heavy atom. The summed E-state index contributed by atoms with van der Waals surface area (Å²) in [5, 5.41) is 14.6. The summed E-state index contributed by atoms with van der Waals surface area (Å²) in [7, 11) is 0. The molecule has 0 atom stereocenters. The van der Waals surface area contributed by atoms with Crippen LogP contribution in [0, 0.1) is 13.7 Å². The molecule has 1 N–H and O–H groups in total. The lowest BCUT2D eigenvalue weighted by Gasteiger charge is -2.02. The molecule has 0 aliphatic rings. The van der Waals surface area contributed by atoms with Gasteiger partial charge in [-0.05, 0) is 40.8 Å². The predicted octanol–water partition coefficient (Wildman–Crippen LogP) is 2.96. The molecule has 2 aromatic rings. The quantitative estimate of drug-likeness (QED) is 0.374. The summed E-state index contributed by atoms with van der Waals surface area (Å²) < 4.78 is 0.800. The lowest BCUT2D eigenvalue weighted by atomic mass is 10.2. The maximum absolute atomic E-state index is 11.9. The Balaban J connectivity index is 2.12. The highest BCUT2D eigenvalue weighted by Crippen LogP contribution is 2.15. The van der Waals surface area contributed by atoms with Gasteiger partial charge in [-0.1, -0.05) is 24.3 Å². The van der Waals surface area contributed by atoms with Crippen molar-refractivity contribution in [2.24, 2.45) is 5.10 Å². The van der Waals surface area contributed by atoms with E-state index in [1.807, 2.05) is 6.07 Å². The number of amides is 1.